The molecule has 2 aliphatic heterocycles. The van der Waals surface area contributed by atoms with Gasteiger partial charge in [-0.05, 0) is 18.8 Å². The molecule has 3 N–H and O–H groups in total. The number of aliphatic hydroxyl groups excluding tert-OH is 3. The number of ether oxygens (including phenoxy) is 2. The Morgan fingerprint density at radius 2 is 1.62 bits per heavy atom. The van der Waals surface area contributed by atoms with Gasteiger partial charge in [0.05, 0.1) is 38.6 Å². The molecule has 3 unspecified atom stereocenters. The number of hydrogen-bond acceptors (Lipinski definition) is 5. The average Bonchev–Trinajstić information content (AvgIpc) is 3.17. The first-order chi connectivity index (χ1) is 7.74. The van der Waals surface area contributed by atoms with Gasteiger partial charge in [-0.15, -0.1) is 0 Å². The molecule has 2 rings (SSSR count). The van der Waals surface area contributed by atoms with Crippen molar-refractivity contribution in [2.75, 3.05) is 33.0 Å². The molecule has 94 valence electrons. The smallest absolute Gasteiger partial charge is 0.0817 e. The zero-order valence-electron chi connectivity index (χ0n) is 9.34. The molecule has 0 amide bonds. The van der Waals surface area contributed by atoms with Gasteiger partial charge in [-0.1, -0.05) is 0 Å². The molecule has 2 saturated heterocycles. The van der Waals surface area contributed by atoms with E-state index in [1.807, 2.05) is 0 Å². The lowest BCUT2D eigenvalue weighted by atomic mass is 9.71. The molecule has 0 aromatic carbocycles. The second-order valence-electron chi connectivity index (χ2n) is 4.91. The van der Waals surface area contributed by atoms with Gasteiger partial charge in [0.1, 0.15) is 0 Å². The van der Waals surface area contributed by atoms with Gasteiger partial charge >= 0.3 is 0 Å². The van der Waals surface area contributed by atoms with Crippen LogP contribution < -0.4 is 0 Å². The highest BCUT2D eigenvalue weighted by Gasteiger charge is 2.45. The highest BCUT2D eigenvalue weighted by Crippen LogP contribution is 2.40. The minimum atomic E-state index is -0.637. The van der Waals surface area contributed by atoms with Gasteiger partial charge in [-0.3, -0.25) is 0 Å². The minimum Gasteiger partial charge on any atom is -0.396 e. The van der Waals surface area contributed by atoms with E-state index >= 15 is 0 Å². The third kappa shape index (κ3) is 2.73. The standard InChI is InChI=1S/C11H20O5/c12-3-8(1-9-4-15-9)11(6-13,7-14)2-10-5-16-10/h8-10,12-14H,1-7H2. The number of hydrogen-bond donors (Lipinski definition) is 3. The summed E-state index contributed by atoms with van der Waals surface area (Å²) in [5.74, 6) is -0.126. The highest BCUT2D eigenvalue weighted by atomic mass is 16.6. The predicted molar refractivity (Wildman–Crippen MR) is 55.9 cm³/mol. The van der Waals surface area contributed by atoms with Gasteiger partial charge in [0, 0.05) is 12.0 Å². The number of aliphatic hydroxyl groups is 3. The number of rotatable bonds is 8. The fourth-order valence-corrected chi connectivity index (χ4v) is 2.28. The maximum Gasteiger partial charge on any atom is 0.0817 e. The van der Waals surface area contributed by atoms with Crippen LogP contribution in [0.15, 0.2) is 0 Å². The van der Waals surface area contributed by atoms with E-state index in [0.717, 1.165) is 6.61 Å². The molecule has 0 aromatic rings. The molecule has 3 atom stereocenters. The molecule has 16 heavy (non-hydrogen) atoms. The van der Waals surface area contributed by atoms with E-state index in [9.17, 15) is 15.3 Å². The summed E-state index contributed by atoms with van der Waals surface area (Å²) in [6.07, 6.45) is 1.63. The fourth-order valence-electron chi connectivity index (χ4n) is 2.28. The van der Waals surface area contributed by atoms with E-state index in [-0.39, 0.29) is 37.9 Å². The molecule has 0 aliphatic carbocycles. The molecule has 0 aromatic heterocycles. The quantitative estimate of drug-likeness (QED) is 0.474. The van der Waals surface area contributed by atoms with Crippen molar-refractivity contribution < 1.29 is 24.8 Å². The Labute approximate surface area is 95.0 Å². The minimum absolute atomic E-state index is 0.0340. The van der Waals surface area contributed by atoms with Crippen LogP contribution in [0.3, 0.4) is 0 Å². The Morgan fingerprint density at radius 3 is 2.00 bits per heavy atom. The summed E-state index contributed by atoms with van der Waals surface area (Å²) < 4.78 is 10.3. The Morgan fingerprint density at radius 1 is 1.06 bits per heavy atom. The third-order valence-electron chi connectivity index (χ3n) is 3.70. The Kier molecular flexibility index (Phi) is 3.81. The van der Waals surface area contributed by atoms with Crippen LogP contribution in [-0.4, -0.2) is 60.6 Å². The molecular formula is C11H20O5. The van der Waals surface area contributed by atoms with Gasteiger partial charge in [0.25, 0.3) is 0 Å². The molecule has 5 nitrogen and oxygen atoms in total. The molecule has 2 fully saturated rings. The predicted octanol–water partition coefficient (Wildman–Crippen LogP) is -0.856. The highest BCUT2D eigenvalue weighted by molar-refractivity contribution is 4.93. The van der Waals surface area contributed by atoms with Crippen molar-refractivity contribution >= 4 is 0 Å². The van der Waals surface area contributed by atoms with Crippen molar-refractivity contribution in [3.8, 4) is 0 Å². The van der Waals surface area contributed by atoms with Gasteiger partial charge in [-0.25, -0.2) is 0 Å². The summed E-state index contributed by atoms with van der Waals surface area (Å²) in [4.78, 5) is 0. The first kappa shape index (κ1) is 12.3. The molecule has 0 bridgehead atoms. The maximum absolute atomic E-state index is 9.52. The second-order valence-corrected chi connectivity index (χ2v) is 4.91. The largest absolute Gasteiger partial charge is 0.396 e. The molecular weight excluding hydrogens is 212 g/mol. The summed E-state index contributed by atoms with van der Waals surface area (Å²) in [6, 6.07) is 0. The number of epoxide rings is 2. The van der Waals surface area contributed by atoms with Crippen LogP contribution in [0.4, 0.5) is 0 Å². The summed E-state index contributed by atoms with van der Waals surface area (Å²) in [5, 5.41) is 28.5. The first-order valence-corrected chi connectivity index (χ1v) is 5.80. The van der Waals surface area contributed by atoms with Crippen LogP contribution in [0.5, 0.6) is 0 Å². The van der Waals surface area contributed by atoms with E-state index < -0.39 is 5.41 Å². The van der Waals surface area contributed by atoms with Crippen molar-refractivity contribution in [3.63, 3.8) is 0 Å². The van der Waals surface area contributed by atoms with Gasteiger partial charge in [-0.2, -0.15) is 0 Å². The van der Waals surface area contributed by atoms with Crippen LogP contribution in [0.2, 0.25) is 0 Å². The van der Waals surface area contributed by atoms with E-state index in [1.54, 1.807) is 0 Å². The van der Waals surface area contributed by atoms with E-state index in [4.69, 9.17) is 9.47 Å². The Balaban J connectivity index is 1.99. The normalized spacial score (nSPS) is 30.2. The third-order valence-corrected chi connectivity index (χ3v) is 3.70. The SMILES string of the molecule is OCC(CC1CO1)C(CO)(CO)CC1CO1. The lowest BCUT2D eigenvalue weighted by Gasteiger charge is -2.36. The first-order valence-electron chi connectivity index (χ1n) is 5.80. The van der Waals surface area contributed by atoms with Crippen LogP contribution in [0.1, 0.15) is 12.8 Å². The van der Waals surface area contributed by atoms with E-state index in [2.05, 4.69) is 0 Å². The molecule has 2 aliphatic rings. The van der Waals surface area contributed by atoms with E-state index in [0.29, 0.717) is 19.4 Å². The zero-order valence-corrected chi connectivity index (χ0v) is 9.34. The Bertz CT molecular complexity index is 220. The average molecular weight is 232 g/mol. The summed E-state index contributed by atoms with van der Waals surface area (Å²) in [6.45, 7) is 1.14. The topological polar surface area (TPSA) is 85.8 Å². The summed E-state index contributed by atoms with van der Waals surface area (Å²) in [5.41, 5.74) is -0.637. The fraction of sp³-hybridized carbons (Fsp3) is 1.00. The zero-order chi connectivity index (χ0) is 11.6. The maximum atomic E-state index is 9.52. The Hall–Kier alpha value is -0.200. The second kappa shape index (κ2) is 4.98. The molecule has 0 spiro atoms. The molecule has 0 radical (unpaired) electrons. The van der Waals surface area contributed by atoms with Gasteiger partial charge in [0.15, 0.2) is 0 Å². The van der Waals surface area contributed by atoms with Crippen molar-refractivity contribution in [2.45, 2.75) is 25.0 Å². The van der Waals surface area contributed by atoms with Crippen molar-refractivity contribution in [1.29, 1.82) is 0 Å². The van der Waals surface area contributed by atoms with Gasteiger partial charge < -0.3 is 24.8 Å². The van der Waals surface area contributed by atoms with Crippen LogP contribution in [-0.2, 0) is 9.47 Å². The van der Waals surface area contributed by atoms with Crippen LogP contribution in [0.25, 0.3) is 0 Å². The lowest BCUT2D eigenvalue weighted by molar-refractivity contribution is -0.0345. The van der Waals surface area contributed by atoms with E-state index in [1.165, 1.54) is 0 Å². The van der Waals surface area contributed by atoms with Crippen molar-refractivity contribution in [1.82, 2.24) is 0 Å². The lowest BCUT2D eigenvalue weighted by Crippen LogP contribution is -2.42. The van der Waals surface area contributed by atoms with Gasteiger partial charge in [0.2, 0.25) is 0 Å². The monoisotopic (exact) mass is 232 g/mol. The summed E-state index contributed by atoms with van der Waals surface area (Å²) >= 11 is 0. The molecule has 5 heteroatoms. The van der Waals surface area contributed by atoms with Crippen molar-refractivity contribution in [2.24, 2.45) is 11.3 Å². The van der Waals surface area contributed by atoms with Crippen LogP contribution >= 0.6 is 0 Å². The van der Waals surface area contributed by atoms with Crippen LogP contribution in [0, 0.1) is 11.3 Å². The molecule has 2 heterocycles. The van der Waals surface area contributed by atoms with Crippen molar-refractivity contribution in [3.05, 3.63) is 0 Å². The molecule has 0 saturated carbocycles. The summed E-state index contributed by atoms with van der Waals surface area (Å²) in [7, 11) is 0.